The summed E-state index contributed by atoms with van der Waals surface area (Å²) >= 11 is 0. The number of aliphatic hydroxyl groups is 1. The maximum atomic E-state index is 9.23. The molecule has 0 atom stereocenters. The maximum absolute atomic E-state index is 9.23. The van der Waals surface area contributed by atoms with Gasteiger partial charge in [-0.05, 0) is 24.5 Å². The lowest BCUT2D eigenvalue weighted by Crippen LogP contribution is -2.33. The van der Waals surface area contributed by atoms with E-state index < -0.39 is 0 Å². The van der Waals surface area contributed by atoms with Gasteiger partial charge in [-0.25, -0.2) is 0 Å². The molecule has 0 aromatic heterocycles. The second-order valence-corrected chi connectivity index (χ2v) is 3.96. The van der Waals surface area contributed by atoms with Gasteiger partial charge in [0.1, 0.15) is 6.10 Å². The molecule has 1 heterocycles. The van der Waals surface area contributed by atoms with Crippen molar-refractivity contribution in [2.24, 2.45) is 0 Å². The molecule has 0 spiro atoms. The number of nitrogens with zero attached hydrogens (tertiary/aromatic N) is 1. The van der Waals surface area contributed by atoms with Gasteiger partial charge in [0.2, 0.25) is 0 Å². The van der Waals surface area contributed by atoms with Crippen LogP contribution in [0.5, 0.6) is 0 Å². The van der Waals surface area contributed by atoms with Gasteiger partial charge in [0.05, 0.1) is 0 Å². The van der Waals surface area contributed by atoms with Crippen LogP contribution in [0.3, 0.4) is 0 Å². The highest BCUT2D eigenvalue weighted by Gasteiger charge is 2.16. The Kier molecular flexibility index (Phi) is 2.85. The molecule has 0 unspecified atom stereocenters. The van der Waals surface area contributed by atoms with Crippen LogP contribution in [-0.4, -0.2) is 23.1 Å². The van der Waals surface area contributed by atoms with Crippen LogP contribution < -0.4 is 0 Å². The van der Waals surface area contributed by atoms with Gasteiger partial charge in [-0.15, -0.1) is 0 Å². The Morgan fingerprint density at radius 3 is 2.79 bits per heavy atom. The Labute approximate surface area is 85.2 Å². The lowest BCUT2D eigenvalue weighted by atomic mass is 10.00. The Morgan fingerprint density at radius 1 is 1.36 bits per heavy atom. The molecule has 1 N–H and O–H groups in total. The third-order valence-corrected chi connectivity index (χ3v) is 2.66. The molecule has 0 bridgehead atoms. The minimum atomic E-state index is 0.504. The molecule has 0 aliphatic carbocycles. The van der Waals surface area contributed by atoms with E-state index in [0.717, 1.165) is 19.5 Å². The zero-order valence-electron chi connectivity index (χ0n) is 8.53. The van der Waals surface area contributed by atoms with Gasteiger partial charge in [-0.1, -0.05) is 24.3 Å². The Balaban J connectivity index is 2.06. The largest absolute Gasteiger partial charge is 0.386 e. The van der Waals surface area contributed by atoms with E-state index in [0.29, 0.717) is 12.6 Å². The lowest BCUT2D eigenvalue weighted by Gasteiger charge is -2.29. The number of aliphatic hydroxyl groups excluding tert-OH is 1. The van der Waals surface area contributed by atoms with Crippen molar-refractivity contribution >= 4 is 0 Å². The van der Waals surface area contributed by atoms with E-state index in [1.807, 2.05) is 0 Å². The summed E-state index contributed by atoms with van der Waals surface area (Å²) in [5, 5.41) is 9.23. The standard InChI is InChI=1S/C12H16NO/c1-10(14)8-13-7-6-11-4-2-3-5-12(11)9-13/h2-5,14H,6-9H2,1H3. The molecule has 1 aliphatic heterocycles. The summed E-state index contributed by atoms with van der Waals surface area (Å²) in [7, 11) is 0. The van der Waals surface area contributed by atoms with E-state index >= 15 is 0 Å². The van der Waals surface area contributed by atoms with Crippen LogP contribution >= 0.6 is 0 Å². The smallest absolute Gasteiger partial charge is 0.104 e. The Hall–Kier alpha value is -0.860. The average molecular weight is 190 g/mol. The number of hydrogen-bond acceptors (Lipinski definition) is 2. The molecule has 2 rings (SSSR count). The van der Waals surface area contributed by atoms with Gasteiger partial charge in [0.25, 0.3) is 0 Å². The van der Waals surface area contributed by atoms with Crippen molar-refractivity contribution in [3.8, 4) is 0 Å². The molecule has 2 heteroatoms. The number of hydrogen-bond donors (Lipinski definition) is 1. The Bertz CT molecular complexity index is 309. The molecular formula is C12H16NO. The molecule has 2 nitrogen and oxygen atoms in total. The fraction of sp³-hybridized carbons (Fsp3) is 0.417. The average Bonchev–Trinajstić information content (AvgIpc) is 2.17. The summed E-state index contributed by atoms with van der Waals surface area (Å²) in [6, 6.07) is 8.55. The molecule has 1 radical (unpaired) electrons. The minimum absolute atomic E-state index is 0.504. The fourth-order valence-corrected chi connectivity index (χ4v) is 2.01. The topological polar surface area (TPSA) is 23.5 Å². The molecule has 1 aromatic carbocycles. The van der Waals surface area contributed by atoms with Crippen LogP contribution in [0.2, 0.25) is 0 Å². The molecule has 1 aliphatic rings. The summed E-state index contributed by atoms with van der Waals surface area (Å²) in [4.78, 5) is 2.28. The summed E-state index contributed by atoms with van der Waals surface area (Å²) in [6.07, 6.45) is 1.60. The van der Waals surface area contributed by atoms with E-state index in [1.54, 1.807) is 6.92 Å². The zero-order chi connectivity index (χ0) is 9.97. The van der Waals surface area contributed by atoms with E-state index in [1.165, 1.54) is 11.1 Å². The van der Waals surface area contributed by atoms with Crippen LogP contribution in [0.1, 0.15) is 18.1 Å². The summed E-state index contributed by atoms with van der Waals surface area (Å²) in [5.74, 6) is 0. The van der Waals surface area contributed by atoms with Gasteiger partial charge in [0, 0.05) is 19.6 Å². The summed E-state index contributed by atoms with van der Waals surface area (Å²) in [5.41, 5.74) is 2.86. The van der Waals surface area contributed by atoms with Crippen molar-refractivity contribution in [3.63, 3.8) is 0 Å². The minimum Gasteiger partial charge on any atom is -0.386 e. The van der Waals surface area contributed by atoms with E-state index in [2.05, 4.69) is 29.2 Å². The van der Waals surface area contributed by atoms with Crippen molar-refractivity contribution in [2.45, 2.75) is 19.9 Å². The third kappa shape index (κ3) is 2.14. The first-order chi connectivity index (χ1) is 6.75. The van der Waals surface area contributed by atoms with E-state index in [-0.39, 0.29) is 0 Å². The SMILES string of the molecule is C[C](O)CN1CCc2ccccc2C1. The van der Waals surface area contributed by atoms with Crippen LogP contribution in [-0.2, 0) is 13.0 Å². The van der Waals surface area contributed by atoms with Crippen molar-refractivity contribution in [3.05, 3.63) is 41.5 Å². The molecule has 1 aromatic rings. The highest BCUT2D eigenvalue weighted by molar-refractivity contribution is 5.29. The molecule has 0 saturated carbocycles. The first-order valence-corrected chi connectivity index (χ1v) is 5.06. The molecule has 75 valence electrons. The van der Waals surface area contributed by atoms with Gasteiger partial charge in [-0.3, -0.25) is 4.90 Å². The molecule has 0 fully saturated rings. The van der Waals surface area contributed by atoms with Gasteiger partial charge >= 0.3 is 0 Å². The van der Waals surface area contributed by atoms with Crippen molar-refractivity contribution < 1.29 is 5.11 Å². The molecular weight excluding hydrogens is 174 g/mol. The number of fused-ring (bicyclic) bond motifs is 1. The highest BCUT2D eigenvalue weighted by Crippen LogP contribution is 2.18. The first-order valence-electron chi connectivity index (χ1n) is 5.06. The maximum Gasteiger partial charge on any atom is 0.104 e. The molecule has 14 heavy (non-hydrogen) atoms. The lowest BCUT2D eigenvalue weighted by molar-refractivity contribution is 0.191. The first kappa shape index (κ1) is 9.69. The van der Waals surface area contributed by atoms with Crippen LogP contribution in [0.4, 0.5) is 0 Å². The monoisotopic (exact) mass is 190 g/mol. The normalized spacial score (nSPS) is 17.1. The van der Waals surface area contributed by atoms with Gasteiger partial charge < -0.3 is 5.11 Å². The third-order valence-electron chi connectivity index (χ3n) is 2.66. The van der Waals surface area contributed by atoms with Crippen molar-refractivity contribution in [1.82, 2.24) is 4.90 Å². The molecule has 0 saturated heterocycles. The predicted octanol–water partition coefficient (Wildman–Crippen LogP) is 1.97. The Morgan fingerprint density at radius 2 is 2.07 bits per heavy atom. The number of benzene rings is 1. The van der Waals surface area contributed by atoms with Gasteiger partial charge in [0.15, 0.2) is 0 Å². The second-order valence-electron chi connectivity index (χ2n) is 3.96. The number of rotatable bonds is 2. The van der Waals surface area contributed by atoms with Crippen molar-refractivity contribution in [1.29, 1.82) is 0 Å². The highest BCUT2D eigenvalue weighted by atomic mass is 16.3. The van der Waals surface area contributed by atoms with Crippen molar-refractivity contribution in [2.75, 3.05) is 13.1 Å². The quantitative estimate of drug-likeness (QED) is 0.770. The molecule has 0 amide bonds. The van der Waals surface area contributed by atoms with Crippen LogP contribution in [0, 0.1) is 6.10 Å². The summed E-state index contributed by atoms with van der Waals surface area (Å²) < 4.78 is 0. The van der Waals surface area contributed by atoms with Crippen LogP contribution in [0.25, 0.3) is 0 Å². The predicted molar refractivity (Wildman–Crippen MR) is 56.3 cm³/mol. The second kappa shape index (κ2) is 4.11. The van der Waals surface area contributed by atoms with Gasteiger partial charge in [-0.2, -0.15) is 0 Å². The van der Waals surface area contributed by atoms with E-state index in [9.17, 15) is 5.11 Å². The van der Waals surface area contributed by atoms with E-state index in [4.69, 9.17) is 0 Å². The summed E-state index contributed by atoms with van der Waals surface area (Å²) in [6.45, 7) is 4.48. The zero-order valence-corrected chi connectivity index (χ0v) is 8.53. The fourth-order valence-electron chi connectivity index (χ4n) is 2.01. The van der Waals surface area contributed by atoms with Crippen LogP contribution in [0.15, 0.2) is 24.3 Å².